The van der Waals surface area contributed by atoms with E-state index in [2.05, 4.69) is 101 Å². The number of benzene rings is 3. The van der Waals surface area contributed by atoms with E-state index in [1.807, 2.05) is 0 Å². The first-order valence-corrected chi connectivity index (χ1v) is 16.0. The van der Waals surface area contributed by atoms with E-state index in [1.165, 1.54) is 16.7 Å². The molecule has 0 unspecified atom stereocenters. The van der Waals surface area contributed by atoms with Gasteiger partial charge in [-0.3, -0.25) is 0 Å². The molecule has 0 radical (unpaired) electrons. The van der Waals surface area contributed by atoms with Gasteiger partial charge in [-0.05, 0) is 108 Å². The van der Waals surface area contributed by atoms with Gasteiger partial charge in [0.05, 0.1) is 5.56 Å². The van der Waals surface area contributed by atoms with Crippen molar-refractivity contribution in [1.29, 1.82) is 0 Å². The smallest absolute Gasteiger partial charge is 0.335 e. The first kappa shape index (κ1) is 26.5. The van der Waals surface area contributed by atoms with Gasteiger partial charge in [0.25, 0.3) is 0 Å². The third kappa shape index (κ3) is 6.42. The van der Waals surface area contributed by atoms with Crippen molar-refractivity contribution in [2.75, 3.05) is 0 Å². The van der Waals surface area contributed by atoms with E-state index < -0.39 is 14.3 Å². The SMILES string of the molecule is CC(C)C[Si](C)(C)Oc1cccc(C2=CCC(C)(C)c3ccc(C#Cc4ccc(C(=O)O)cc4)cc32)c1. The minimum Gasteiger partial charge on any atom is -0.544 e. The number of hydrogen-bond acceptors (Lipinski definition) is 2. The Morgan fingerprint density at radius 1 is 1.00 bits per heavy atom. The van der Waals surface area contributed by atoms with Crippen molar-refractivity contribution in [1.82, 2.24) is 0 Å². The minimum absolute atomic E-state index is 0.0394. The molecule has 1 aliphatic rings. The molecule has 3 aromatic carbocycles. The van der Waals surface area contributed by atoms with Crippen LogP contribution in [0.4, 0.5) is 0 Å². The van der Waals surface area contributed by atoms with Crippen LogP contribution >= 0.6 is 0 Å². The number of aromatic carboxylic acids is 1. The Labute approximate surface area is 222 Å². The number of hydrogen-bond donors (Lipinski definition) is 1. The number of carboxylic acid groups (broad SMARTS) is 1. The van der Waals surface area contributed by atoms with E-state index >= 15 is 0 Å². The summed E-state index contributed by atoms with van der Waals surface area (Å²) in [5.41, 5.74) is 6.94. The van der Waals surface area contributed by atoms with Crippen LogP contribution in [0.25, 0.3) is 5.57 Å². The van der Waals surface area contributed by atoms with Crippen molar-refractivity contribution in [2.24, 2.45) is 5.92 Å². The molecule has 0 saturated carbocycles. The molecule has 4 rings (SSSR count). The quantitative estimate of drug-likeness (QED) is 0.270. The molecule has 190 valence electrons. The van der Waals surface area contributed by atoms with Crippen molar-refractivity contribution in [3.63, 3.8) is 0 Å². The predicted octanol–water partition coefficient (Wildman–Crippen LogP) is 8.14. The van der Waals surface area contributed by atoms with E-state index in [0.717, 1.165) is 34.9 Å². The van der Waals surface area contributed by atoms with Gasteiger partial charge in [-0.25, -0.2) is 4.79 Å². The lowest BCUT2D eigenvalue weighted by Gasteiger charge is -2.32. The summed E-state index contributed by atoms with van der Waals surface area (Å²) in [6.07, 6.45) is 3.31. The molecule has 0 heterocycles. The Morgan fingerprint density at radius 2 is 1.68 bits per heavy atom. The van der Waals surface area contributed by atoms with E-state index in [9.17, 15) is 4.79 Å². The molecule has 0 amide bonds. The van der Waals surface area contributed by atoms with Crippen molar-refractivity contribution < 1.29 is 14.3 Å². The molecule has 0 fully saturated rings. The van der Waals surface area contributed by atoms with Gasteiger partial charge < -0.3 is 9.53 Å². The van der Waals surface area contributed by atoms with Crippen molar-refractivity contribution in [3.8, 4) is 17.6 Å². The third-order valence-corrected chi connectivity index (χ3v) is 9.37. The van der Waals surface area contributed by atoms with Crippen LogP contribution in [0.5, 0.6) is 5.75 Å². The highest BCUT2D eigenvalue weighted by Crippen LogP contribution is 2.42. The van der Waals surface area contributed by atoms with Gasteiger partial charge in [0.15, 0.2) is 0 Å². The van der Waals surface area contributed by atoms with Gasteiger partial charge in [0, 0.05) is 11.1 Å². The summed E-state index contributed by atoms with van der Waals surface area (Å²) in [6.45, 7) is 13.7. The van der Waals surface area contributed by atoms with E-state index in [1.54, 1.807) is 24.3 Å². The lowest BCUT2D eigenvalue weighted by molar-refractivity contribution is 0.0697. The molecule has 0 saturated heterocycles. The second-order valence-corrected chi connectivity index (χ2v) is 15.7. The first-order chi connectivity index (χ1) is 17.4. The maximum absolute atomic E-state index is 11.1. The fraction of sp³-hybridized carbons (Fsp3) is 0.303. The van der Waals surface area contributed by atoms with Crippen LogP contribution in [0.3, 0.4) is 0 Å². The van der Waals surface area contributed by atoms with Crippen LogP contribution in [0, 0.1) is 17.8 Å². The van der Waals surface area contributed by atoms with Gasteiger partial charge in [-0.1, -0.05) is 63.8 Å². The highest BCUT2D eigenvalue weighted by molar-refractivity contribution is 6.71. The minimum atomic E-state index is -1.81. The highest BCUT2D eigenvalue weighted by Gasteiger charge is 2.29. The van der Waals surface area contributed by atoms with Crippen molar-refractivity contribution >= 4 is 19.9 Å². The van der Waals surface area contributed by atoms with Crippen LogP contribution in [0.1, 0.15) is 72.3 Å². The molecule has 1 aliphatic carbocycles. The zero-order valence-electron chi connectivity index (χ0n) is 22.7. The molecule has 0 aromatic heterocycles. The average molecular weight is 509 g/mol. The number of rotatable bonds is 6. The molecule has 37 heavy (non-hydrogen) atoms. The molecule has 0 bridgehead atoms. The second-order valence-electron chi connectivity index (χ2n) is 11.6. The Hall–Kier alpha value is -3.55. The number of carboxylic acids is 1. The zero-order chi connectivity index (χ0) is 26.8. The molecule has 0 atom stereocenters. The fourth-order valence-corrected chi connectivity index (χ4v) is 8.01. The standard InChI is InChI=1S/C33H36O3Si/c1-23(2)22-37(5,6)36-28-9-7-8-27(21-28)29-18-19-33(3,4)31-17-14-25(20-30(29)31)11-10-24-12-15-26(16-13-24)32(34)35/h7-9,12-18,20-21,23H,19,22H2,1-6H3,(H,34,35). The summed E-state index contributed by atoms with van der Waals surface area (Å²) in [7, 11) is -1.81. The summed E-state index contributed by atoms with van der Waals surface area (Å²) >= 11 is 0. The van der Waals surface area contributed by atoms with Gasteiger partial charge in [0.1, 0.15) is 5.75 Å². The Bertz CT molecular complexity index is 1400. The van der Waals surface area contributed by atoms with Crippen LogP contribution in [0.15, 0.2) is 72.8 Å². The Balaban J connectivity index is 1.67. The Kier molecular flexibility index (Phi) is 7.48. The summed E-state index contributed by atoms with van der Waals surface area (Å²) in [4.78, 5) is 11.1. The van der Waals surface area contributed by atoms with E-state index in [-0.39, 0.29) is 11.0 Å². The van der Waals surface area contributed by atoms with E-state index in [0.29, 0.717) is 5.92 Å². The van der Waals surface area contributed by atoms with Gasteiger partial charge >= 0.3 is 5.97 Å². The first-order valence-electron chi connectivity index (χ1n) is 12.9. The lowest BCUT2D eigenvalue weighted by Crippen LogP contribution is -2.35. The molecule has 3 aromatic rings. The summed E-state index contributed by atoms with van der Waals surface area (Å²) < 4.78 is 6.56. The van der Waals surface area contributed by atoms with Crippen LogP contribution in [-0.2, 0) is 5.41 Å². The normalized spacial score (nSPS) is 14.3. The van der Waals surface area contributed by atoms with Crippen LogP contribution in [-0.4, -0.2) is 19.4 Å². The molecule has 1 N–H and O–H groups in total. The lowest BCUT2D eigenvalue weighted by atomic mass is 9.72. The van der Waals surface area contributed by atoms with Crippen LogP contribution < -0.4 is 4.43 Å². The molecule has 0 aliphatic heterocycles. The maximum Gasteiger partial charge on any atom is 0.335 e. The largest absolute Gasteiger partial charge is 0.544 e. The van der Waals surface area contributed by atoms with Crippen molar-refractivity contribution in [2.45, 2.75) is 58.7 Å². The number of fused-ring (bicyclic) bond motifs is 1. The second kappa shape index (κ2) is 10.4. The van der Waals surface area contributed by atoms with Gasteiger partial charge in [-0.15, -0.1) is 0 Å². The molecular formula is C33H36O3Si. The third-order valence-electron chi connectivity index (χ3n) is 6.78. The average Bonchev–Trinajstić information content (AvgIpc) is 2.82. The summed E-state index contributed by atoms with van der Waals surface area (Å²) in [5.74, 6) is 7.09. The number of carbonyl (C=O) groups is 1. The van der Waals surface area contributed by atoms with Gasteiger partial charge in [0.2, 0.25) is 8.32 Å². The van der Waals surface area contributed by atoms with E-state index in [4.69, 9.17) is 9.53 Å². The Morgan fingerprint density at radius 3 is 2.35 bits per heavy atom. The topological polar surface area (TPSA) is 46.5 Å². The van der Waals surface area contributed by atoms with Crippen molar-refractivity contribution in [3.05, 3.63) is 106 Å². The molecule has 0 spiro atoms. The maximum atomic E-state index is 11.1. The predicted molar refractivity (Wildman–Crippen MR) is 155 cm³/mol. The van der Waals surface area contributed by atoms with Gasteiger partial charge in [-0.2, -0.15) is 0 Å². The zero-order valence-corrected chi connectivity index (χ0v) is 23.7. The fourth-order valence-electron chi connectivity index (χ4n) is 5.20. The monoisotopic (exact) mass is 508 g/mol. The molecule has 3 nitrogen and oxygen atoms in total. The summed E-state index contributed by atoms with van der Waals surface area (Å²) in [6, 6.07) is 22.8. The molecular weight excluding hydrogens is 472 g/mol. The number of allylic oxidation sites excluding steroid dienone is 1. The summed E-state index contributed by atoms with van der Waals surface area (Å²) in [5, 5.41) is 9.12. The van der Waals surface area contributed by atoms with Crippen LogP contribution in [0.2, 0.25) is 19.1 Å². The molecule has 4 heteroatoms. The highest BCUT2D eigenvalue weighted by atomic mass is 28.4.